The van der Waals surface area contributed by atoms with Crippen LogP contribution in [0.25, 0.3) is 0 Å². The monoisotopic (exact) mass is 342 g/mol. The highest BCUT2D eigenvalue weighted by atomic mass is 16.5. The number of pyridine rings is 1. The molecule has 0 amide bonds. The van der Waals surface area contributed by atoms with Crippen molar-refractivity contribution in [3.05, 3.63) is 30.5 Å². The number of rotatable bonds is 4. The fourth-order valence-corrected chi connectivity index (χ4v) is 3.24. The predicted octanol–water partition coefficient (Wildman–Crippen LogP) is 1.94. The van der Waals surface area contributed by atoms with Crippen LogP contribution in [0.15, 0.2) is 30.5 Å². The van der Waals surface area contributed by atoms with Crippen LogP contribution in [0.5, 0.6) is 17.4 Å². The number of fused-ring (bicyclic) bond motifs is 1. The van der Waals surface area contributed by atoms with E-state index in [1.54, 1.807) is 13.3 Å². The molecule has 3 heterocycles. The summed E-state index contributed by atoms with van der Waals surface area (Å²) in [6, 6.07) is 7.81. The van der Waals surface area contributed by atoms with Gasteiger partial charge in [-0.25, -0.2) is 4.98 Å². The Labute approximate surface area is 146 Å². The molecule has 1 aromatic carbocycles. The number of hydrogen-bond acceptors (Lipinski definition) is 7. The first-order chi connectivity index (χ1) is 12.2. The minimum Gasteiger partial charge on any atom is -0.490 e. The molecule has 0 saturated carbocycles. The summed E-state index contributed by atoms with van der Waals surface area (Å²) < 4.78 is 17.0. The molecule has 4 rings (SSSR count). The van der Waals surface area contributed by atoms with Gasteiger partial charge in [0.25, 0.3) is 0 Å². The zero-order valence-corrected chi connectivity index (χ0v) is 14.2. The fourth-order valence-electron chi connectivity index (χ4n) is 3.24. The first kappa shape index (κ1) is 15.8. The van der Waals surface area contributed by atoms with Crippen molar-refractivity contribution < 1.29 is 14.2 Å². The highest BCUT2D eigenvalue weighted by Crippen LogP contribution is 2.40. The van der Waals surface area contributed by atoms with Gasteiger partial charge in [0.15, 0.2) is 0 Å². The minimum atomic E-state index is 0.217. The zero-order valence-electron chi connectivity index (χ0n) is 14.2. The van der Waals surface area contributed by atoms with Gasteiger partial charge in [0.05, 0.1) is 36.9 Å². The second kappa shape index (κ2) is 6.68. The van der Waals surface area contributed by atoms with Crippen LogP contribution in [0.1, 0.15) is 6.42 Å². The highest BCUT2D eigenvalue weighted by Gasteiger charge is 2.23. The van der Waals surface area contributed by atoms with Crippen molar-refractivity contribution in [3.63, 3.8) is 0 Å². The number of benzene rings is 1. The van der Waals surface area contributed by atoms with E-state index >= 15 is 0 Å². The lowest BCUT2D eigenvalue weighted by Crippen LogP contribution is -2.29. The second-order valence-electron chi connectivity index (χ2n) is 6.15. The van der Waals surface area contributed by atoms with Crippen LogP contribution in [0.2, 0.25) is 0 Å². The van der Waals surface area contributed by atoms with Crippen molar-refractivity contribution in [2.45, 2.75) is 12.5 Å². The minimum absolute atomic E-state index is 0.217. The van der Waals surface area contributed by atoms with E-state index in [1.165, 1.54) is 0 Å². The molecule has 0 radical (unpaired) electrons. The van der Waals surface area contributed by atoms with Crippen LogP contribution in [0.3, 0.4) is 0 Å². The molecular formula is C18H22N4O3. The van der Waals surface area contributed by atoms with Crippen LogP contribution < -0.4 is 30.2 Å². The maximum atomic E-state index is 6.08. The number of nitrogens with one attached hydrogen (secondary N) is 1. The van der Waals surface area contributed by atoms with Gasteiger partial charge in [-0.05, 0) is 31.2 Å². The largest absolute Gasteiger partial charge is 0.490 e. The van der Waals surface area contributed by atoms with Crippen molar-refractivity contribution in [2.75, 3.05) is 44.0 Å². The molecule has 2 aromatic rings. The molecule has 3 N–H and O–H groups in total. The second-order valence-corrected chi connectivity index (χ2v) is 6.15. The normalized spacial score (nSPS) is 19.2. The third kappa shape index (κ3) is 3.15. The van der Waals surface area contributed by atoms with Gasteiger partial charge >= 0.3 is 0 Å². The number of aromatic nitrogens is 1. The van der Waals surface area contributed by atoms with E-state index in [0.717, 1.165) is 48.9 Å². The van der Waals surface area contributed by atoms with Crippen molar-refractivity contribution in [2.24, 2.45) is 0 Å². The van der Waals surface area contributed by atoms with Gasteiger partial charge in [-0.1, -0.05) is 0 Å². The molecule has 1 fully saturated rings. The average molecular weight is 342 g/mol. The summed E-state index contributed by atoms with van der Waals surface area (Å²) in [6.07, 6.45) is 3.00. The molecule has 1 saturated heterocycles. The Morgan fingerprint density at radius 3 is 3.04 bits per heavy atom. The van der Waals surface area contributed by atoms with Gasteiger partial charge in [-0.2, -0.15) is 0 Å². The van der Waals surface area contributed by atoms with Crippen LogP contribution in [0, 0.1) is 0 Å². The molecule has 2 aliphatic rings. The molecular weight excluding hydrogens is 320 g/mol. The van der Waals surface area contributed by atoms with Crippen molar-refractivity contribution in [1.29, 1.82) is 0 Å². The number of nitrogens with zero attached hydrogens (tertiary/aromatic N) is 2. The quantitative estimate of drug-likeness (QED) is 0.879. The maximum Gasteiger partial charge on any atom is 0.236 e. The van der Waals surface area contributed by atoms with Crippen molar-refractivity contribution in [3.8, 4) is 17.4 Å². The van der Waals surface area contributed by atoms with Gasteiger partial charge in [0, 0.05) is 12.6 Å². The van der Waals surface area contributed by atoms with Crippen LogP contribution in [-0.4, -0.2) is 44.4 Å². The van der Waals surface area contributed by atoms with E-state index in [-0.39, 0.29) is 6.10 Å². The highest BCUT2D eigenvalue weighted by molar-refractivity contribution is 5.73. The lowest BCUT2D eigenvalue weighted by Gasteiger charge is -2.31. The van der Waals surface area contributed by atoms with E-state index in [4.69, 9.17) is 19.9 Å². The first-order valence-electron chi connectivity index (χ1n) is 8.46. The summed E-state index contributed by atoms with van der Waals surface area (Å²) in [5.74, 6) is 2.11. The number of anilines is 3. The summed E-state index contributed by atoms with van der Waals surface area (Å²) in [4.78, 5) is 6.42. The lowest BCUT2D eigenvalue weighted by atomic mass is 10.2. The van der Waals surface area contributed by atoms with Gasteiger partial charge < -0.3 is 30.2 Å². The third-order valence-corrected chi connectivity index (χ3v) is 4.48. The number of nitrogen functional groups attached to an aromatic ring is 1. The lowest BCUT2D eigenvalue weighted by molar-refractivity contribution is 0.222. The van der Waals surface area contributed by atoms with Gasteiger partial charge in [-0.15, -0.1) is 0 Å². The molecule has 2 aliphatic heterocycles. The predicted molar refractivity (Wildman–Crippen MR) is 96.0 cm³/mol. The Bertz CT molecular complexity index is 762. The van der Waals surface area contributed by atoms with E-state index in [1.807, 2.05) is 24.3 Å². The maximum absolute atomic E-state index is 6.08. The smallest absolute Gasteiger partial charge is 0.236 e. The van der Waals surface area contributed by atoms with E-state index in [2.05, 4.69) is 15.2 Å². The Morgan fingerprint density at radius 1 is 1.36 bits per heavy atom. The van der Waals surface area contributed by atoms with Crippen molar-refractivity contribution in [1.82, 2.24) is 10.3 Å². The first-order valence-corrected chi connectivity index (χ1v) is 8.46. The van der Waals surface area contributed by atoms with E-state index < -0.39 is 0 Å². The fraction of sp³-hybridized carbons (Fsp3) is 0.389. The van der Waals surface area contributed by atoms with Crippen molar-refractivity contribution >= 4 is 17.1 Å². The van der Waals surface area contributed by atoms with Crippen LogP contribution in [-0.2, 0) is 0 Å². The van der Waals surface area contributed by atoms with Crippen LogP contribution in [0.4, 0.5) is 17.1 Å². The number of hydrogen-bond donors (Lipinski definition) is 2. The van der Waals surface area contributed by atoms with Gasteiger partial charge in [0.2, 0.25) is 5.88 Å². The standard InChI is InChI=1S/C18H22N4O3/c1-23-18-15(19)8-12(10-21-18)22-6-7-24-17-3-2-13(9-16(17)22)25-14-4-5-20-11-14/h2-3,8-10,14,20H,4-7,11,19H2,1H3. The molecule has 1 atom stereocenters. The number of nitrogens with two attached hydrogens (primary N) is 1. The number of ether oxygens (including phenoxy) is 3. The number of methoxy groups -OCH3 is 1. The summed E-state index contributed by atoms with van der Waals surface area (Å²) in [5.41, 5.74) is 8.40. The van der Waals surface area contributed by atoms with E-state index in [0.29, 0.717) is 18.2 Å². The molecule has 0 aliphatic carbocycles. The zero-order chi connectivity index (χ0) is 17.2. The SMILES string of the molecule is COc1ncc(N2CCOc3ccc(OC4CCNC4)cc32)cc1N. The molecule has 25 heavy (non-hydrogen) atoms. The summed E-state index contributed by atoms with van der Waals surface area (Å²) >= 11 is 0. The molecule has 7 heteroatoms. The van der Waals surface area contributed by atoms with Gasteiger partial charge in [0.1, 0.15) is 24.2 Å². The summed E-state index contributed by atoms with van der Waals surface area (Å²) in [7, 11) is 1.56. The Balaban J connectivity index is 1.64. The average Bonchev–Trinajstić information content (AvgIpc) is 3.14. The topological polar surface area (TPSA) is 81.9 Å². The molecule has 1 aromatic heterocycles. The summed E-state index contributed by atoms with van der Waals surface area (Å²) in [5, 5.41) is 3.31. The molecule has 1 unspecified atom stereocenters. The van der Waals surface area contributed by atoms with Gasteiger partial charge in [-0.3, -0.25) is 0 Å². The van der Waals surface area contributed by atoms with E-state index in [9.17, 15) is 0 Å². The summed E-state index contributed by atoms with van der Waals surface area (Å²) in [6.45, 7) is 3.21. The molecule has 132 valence electrons. The third-order valence-electron chi connectivity index (χ3n) is 4.48. The molecule has 7 nitrogen and oxygen atoms in total. The Hall–Kier alpha value is -2.67. The molecule has 0 spiro atoms. The van der Waals surface area contributed by atoms with Crippen LogP contribution >= 0.6 is 0 Å². The Kier molecular flexibility index (Phi) is 4.23. The molecule has 0 bridgehead atoms. The Morgan fingerprint density at radius 2 is 2.28 bits per heavy atom.